The summed E-state index contributed by atoms with van der Waals surface area (Å²) in [4.78, 5) is 0. The van der Waals surface area contributed by atoms with E-state index in [2.05, 4.69) is 5.32 Å². The van der Waals surface area contributed by atoms with Gasteiger partial charge in [0.2, 0.25) is 0 Å². The summed E-state index contributed by atoms with van der Waals surface area (Å²) < 4.78 is 38.4. The van der Waals surface area contributed by atoms with Gasteiger partial charge in [0.15, 0.2) is 0 Å². The van der Waals surface area contributed by atoms with Gasteiger partial charge in [-0.05, 0) is 23.8 Å². The van der Waals surface area contributed by atoms with E-state index in [0.717, 1.165) is 6.07 Å². The van der Waals surface area contributed by atoms with Crippen molar-refractivity contribution in [3.63, 3.8) is 0 Å². The minimum absolute atomic E-state index is 0.0689. The molecule has 0 radical (unpaired) electrons. The van der Waals surface area contributed by atoms with Crippen LogP contribution in [0.4, 0.5) is 18.9 Å². The second-order valence-corrected chi connectivity index (χ2v) is 4.40. The van der Waals surface area contributed by atoms with Gasteiger partial charge in [0, 0.05) is 6.54 Å². The summed E-state index contributed by atoms with van der Waals surface area (Å²) in [5.41, 5.74) is 0.172. The van der Waals surface area contributed by atoms with Crippen LogP contribution in [0.25, 0.3) is 0 Å². The zero-order valence-corrected chi connectivity index (χ0v) is 10.6. The average Bonchev–Trinajstić information content (AvgIpc) is 2.37. The molecule has 0 heterocycles. The molecule has 2 aromatic rings. The van der Waals surface area contributed by atoms with Crippen LogP contribution in [-0.2, 0) is 12.7 Å². The molecule has 0 aromatic heterocycles. The van der Waals surface area contributed by atoms with Crippen molar-refractivity contribution in [2.75, 3.05) is 5.32 Å². The van der Waals surface area contributed by atoms with Crippen LogP contribution >= 0.6 is 11.6 Å². The monoisotopic (exact) mass is 285 g/mol. The predicted octanol–water partition coefficient (Wildman–Crippen LogP) is 4.97. The number of hydrogen-bond donors (Lipinski definition) is 1. The molecule has 0 amide bonds. The Hall–Kier alpha value is -1.68. The Kier molecular flexibility index (Phi) is 4.00. The maximum atomic E-state index is 12.8. The van der Waals surface area contributed by atoms with Gasteiger partial charge in [-0.25, -0.2) is 0 Å². The number of alkyl halides is 3. The fraction of sp³-hybridized carbons (Fsp3) is 0.143. The summed E-state index contributed by atoms with van der Waals surface area (Å²) in [6.45, 7) is 0.0689. The number of hydrogen-bond acceptors (Lipinski definition) is 1. The molecule has 0 unspecified atom stereocenters. The lowest BCUT2D eigenvalue weighted by Gasteiger charge is -2.14. The molecule has 0 atom stereocenters. The lowest BCUT2D eigenvalue weighted by Crippen LogP contribution is -2.11. The van der Waals surface area contributed by atoms with Gasteiger partial charge < -0.3 is 5.32 Å². The molecule has 0 saturated carbocycles. The quantitative estimate of drug-likeness (QED) is 0.839. The van der Waals surface area contributed by atoms with Gasteiger partial charge in [0.05, 0.1) is 16.3 Å². The van der Waals surface area contributed by atoms with Gasteiger partial charge in [-0.3, -0.25) is 0 Å². The van der Waals surface area contributed by atoms with Gasteiger partial charge in [-0.1, -0.05) is 41.9 Å². The lowest BCUT2D eigenvalue weighted by molar-refractivity contribution is -0.138. The van der Waals surface area contributed by atoms with E-state index in [1.807, 2.05) is 0 Å². The van der Waals surface area contributed by atoms with Crippen LogP contribution in [0.2, 0.25) is 5.02 Å². The average molecular weight is 286 g/mol. The highest BCUT2D eigenvalue weighted by Gasteiger charge is 2.32. The Bertz CT molecular complexity index is 567. The lowest BCUT2D eigenvalue weighted by atomic mass is 10.1. The first-order chi connectivity index (χ1) is 8.98. The molecule has 0 aliphatic rings. The minimum Gasteiger partial charge on any atom is -0.380 e. The van der Waals surface area contributed by atoms with Crippen molar-refractivity contribution in [2.24, 2.45) is 0 Å². The highest BCUT2D eigenvalue weighted by molar-refractivity contribution is 6.33. The largest absolute Gasteiger partial charge is 0.416 e. The fourth-order valence-electron chi connectivity index (χ4n) is 1.75. The molecule has 2 rings (SSSR count). The third-order valence-electron chi connectivity index (χ3n) is 2.67. The van der Waals surface area contributed by atoms with E-state index in [-0.39, 0.29) is 12.1 Å². The van der Waals surface area contributed by atoms with E-state index in [4.69, 9.17) is 11.6 Å². The molecule has 0 spiro atoms. The van der Waals surface area contributed by atoms with E-state index in [9.17, 15) is 13.2 Å². The SMILES string of the molecule is FC(F)(F)c1ccccc1CNc1ccccc1Cl. The van der Waals surface area contributed by atoms with E-state index in [1.54, 1.807) is 30.3 Å². The summed E-state index contributed by atoms with van der Waals surface area (Å²) in [5, 5.41) is 3.39. The zero-order valence-electron chi connectivity index (χ0n) is 9.84. The van der Waals surface area contributed by atoms with Gasteiger partial charge in [0.25, 0.3) is 0 Å². The molecule has 1 N–H and O–H groups in total. The first-order valence-corrected chi connectivity index (χ1v) is 6.00. The number of para-hydroxylation sites is 1. The van der Waals surface area contributed by atoms with E-state index >= 15 is 0 Å². The molecule has 1 nitrogen and oxygen atoms in total. The summed E-state index contributed by atoms with van der Waals surface area (Å²) in [7, 11) is 0. The summed E-state index contributed by atoms with van der Waals surface area (Å²) in [5.74, 6) is 0. The Morgan fingerprint density at radius 2 is 1.58 bits per heavy atom. The molecule has 0 bridgehead atoms. The smallest absolute Gasteiger partial charge is 0.380 e. The van der Waals surface area contributed by atoms with Crippen molar-refractivity contribution >= 4 is 17.3 Å². The van der Waals surface area contributed by atoms with Crippen molar-refractivity contribution in [1.82, 2.24) is 0 Å². The molecule has 0 fully saturated rings. The van der Waals surface area contributed by atoms with E-state index in [1.165, 1.54) is 12.1 Å². The standard InChI is InChI=1S/C14H11ClF3N/c15-12-7-3-4-8-13(12)19-9-10-5-1-2-6-11(10)14(16,17)18/h1-8,19H,9H2. The maximum Gasteiger partial charge on any atom is 0.416 e. The number of nitrogens with one attached hydrogen (secondary N) is 1. The van der Waals surface area contributed by atoms with Crippen molar-refractivity contribution in [3.8, 4) is 0 Å². The normalized spacial score (nSPS) is 11.4. The summed E-state index contributed by atoms with van der Waals surface area (Å²) in [6, 6.07) is 12.4. The van der Waals surface area contributed by atoms with E-state index < -0.39 is 11.7 Å². The Balaban J connectivity index is 2.19. The van der Waals surface area contributed by atoms with Crippen molar-refractivity contribution in [2.45, 2.75) is 12.7 Å². The van der Waals surface area contributed by atoms with Gasteiger partial charge >= 0.3 is 6.18 Å². The zero-order chi connectivity index (χ0) is 13.9. The first kappa shape index (κ1) is 13.7. The van der Waals surface area contributed by atoms with Crippen LogP contribution in [0, 0.1) is 0 Å². The molecule has 2 aromatic carbocycles. The van der Waals surface area contributed by atoms with Crippen LogP contribution in [0.5, 0.6) is 0 Å². The van der Waals surface area contributed by atoms with Crippen LogP contribution in [0.1, 0.15) is 11.1 Å². The van der Waals surface area contributed by atoms with Crippen LogP contribution < -0.4 is 5.32 Å². The molecule has 0 saturated heterocycles. The van der Waals surface area contributed by atoms with Gasteiger partial charge in [-0.2, -0.15) is 13.2 Å². The fourth-order valence-corrected chi connectivity index (χ4v) is 1.95. The molecular weight excluding hydrogens is 275 g/mol. The highest BCUT2D eigenvalue weighted by atomic mass is 35.5. The second-order valence-electron chi connectivity index (χ2n) is 3.99. The third-order valence-corrected chi connectivity index (χ3v) is 3.00. The topological polar surface area (TPSA) is 12.0 Å². The number of anilines is 1. The van der Waals surface area contributed by atoms with Crippen molar-refractivity contribution in [3.05, 3.63) is 64.7 Å². The molecule has 0 aliphatic carbocycles. The number of benzene rings is 2. The second kappa shape index (κ2) is 5.53. The summed E-state index contributed by atoms with van der Waals surface area (Å²) in [6.07, 6.45) is -4.35. The van der Waals surface area contributed by atoms with Gasteiger partial charge in [-0.15, -0.1) is 0 Å². The molecular formula is C14H11ClF3N. The van der Waals surface area contributed by atoms with Crippen LogP contribution in [-0.4, -0.2) is 0 Å². The Labute approximate surface area is 114 Å². The van der Waals surface area contributed by atoms with Crippen molar-refractivity contribution < 1.29 is 13.2 Å². The number of rotatable bonds is 3. The maximum absolute atomic E-state index is 12.8. The molecule has 100 valence electrons. The van der Waals surface area contributed by atoms with Crippen LogP contribution in [0.3, 0.4) is 0 Å². The number of halogens is 4. The van der Waals surface area contributed by atoms with E-state index in [0.29, 0.717) is 10.7 Å². The minimum atomic E-state index is -4.35. The Morgan fingerprint density at radius 1 is 0.947 bits per heavy atom. The predicted molar refractivity (Wildman–Crippen MR) is 70.2 cm³/mol. The highest BCUT2D eigenvalue weighted by Crippen LogP contribution is 2.32. The van der Waals surface area contributed by atoms with Crippen molar-refractivity contribution in [1.29, 1.82) is 0 Å². The van der Waals surface area contributed by atoms with Gasteiger partial charge in [0.1, 0.15) is 0 Å². The molecule has 19 heavy (non-hydrogen) atoms. The Morgan fingerprint density at radius 3 is 2.26 bits per heavy atom. The summed E-state index contributed by atoms with van der Waals surface area (Å²) >= 11 is 5.94. The molecule has 0 aliphatic heterocycles. The van der Waals surface area contributed by atoms with Crippen LogP contribution in [0.15, 0.2) is 48.5 Å². The first-order valence-electron chi connectivity index (χ1n) is 5.62. The molecule has 5 heteroatoms. The third kappa shape index (κ3) is 3.41.